The number of hydrogen-bond acceptors (Lipinski definition) is 1. The van der Waals surface area contributed by atoms with E-state index in [-0.39, 0.29) is 0 Å². The molecule has 0 aromatic heterocycles. The van der Waals surface area contributed by atoms with E-state index in [0.29, 0.717) is 16.4 Å². The van der Waals surface area contributed by atoms with Gasteiger partial charge in [0.1, 0.15) is 0 Å². The quantitative estimate of drug-likeness (QED) is 0.590. The highest BCUT2D eigenvalue weighted by Gasteiger charge is 2.73. The number of rotatable bonds is 0. The Balaban J connectivity index is 1.72. The fraction of sp³-hybridized carbons (Fsp3) is 1.00. The molecule has 0 aromatic carbocycles. The van der Waals surface area contributed by atoms with Gasteiger partial charge < -0.3 is 4.74 Å². The van der Waals surface area contributed by atoms with Crippen molar-refractivity contribution in [2.75, 3.05) is 6.61 Å². The van der Waals surface area contributed by atoms with E-state index in [1.54, 1.807) is 0 Å². The van der Waals surface area contributed by atoms with Gasteiger partial charge >= 0.3 is 0 Å². The maximum absolute atomic E-state index is 6.16. The van der Waals surface area contributed by atoms with Gasteiger partial charge in [-0.2, -0.15) is 0 Å². The lowest BCUT2D eigenvalue weighted by Crippen LogP contribution is -2.72. The molecule has 15 heavy (non-hydrogen) atoms. The minimum absolute atomic E-state index is 0.380. The molecule has 0 unspecified atom stereocenters. The molecule has 84 valence electrons. The van der Waals surface area contributed by atoms with Crippen molar-refractivity contribution in [2.24, 2.45) is 22.7 Å². The second-order valence-electron chi connectivity index (χ2n) is 7.26. The van der Waals surface area contributed by atoms with Crippen molar-refractivity contribution in [2.45, 2.75) is 58.0 Å². The zero-order chi connectivity index (χ0) is 10.3. The molecule has 0 radical (unpaired) electrons. The minimum atomic E-state index is 0.380. The van der Waals surface area contributed by atoms with Gasteiger partial charge in [0.05, 0.1) is 12.2 Å². The van der Waals surface area contributed by atoms with Crippen molar-refractivity contribution in [3.63, 3.8) is 0 Å². The van der Waals surface area contributed by atoms with Crippen LogP contribution in [-0.4, -0.2) is 12.2 Å². The molecular weight excluding hydrogens is 184 g/mol. The van der Waals surface area contributed by atoms with Crippen molar-refractivity contribution in [3.8, 4) is 0 Å². The first-order chi connectivity index (χ1) is 7.10. The maximum Gasteiger partial charge on any atom is 0.0791 e. The summed E-state index contributed by atoms with van der Waals surface area (Å²) >= 11 is 0. The van der Waals surface area contributed by atoms with Crippen LogP contribution in [0.25, 0.3) is 0 Å². The summed E-state index contributed by atoms with van der Waals surface area (Å²) in [5, 5.41) is 0. The summed E-state index contributed by atoms with van der Waals surface area (Å²) in [6, 6.07) is 0. The normalized spacial score (nSPS) is 59.6. The molecule has 1 aliphatic heterocycles. The summed E-state index contributed by atoms with van der Waals surface area (Å²) in [6.45, 7) is 6.02. The molecular formula is C14H22O. The van der Waals surface area contributed by atoms with Crippen molar-refractivity contribution >= 4 is 0 Å². The molecule has 0 aromatic rings. The first-order valence-electron chi connectivity index (χ1n) is 6.74. The minimum Gasteiger partial charge on any atom is -0.373 e. The molecule has 4 aliphatic rings. The highest BCUT2D eigenvalue weighted by Crippen LogP contribution is 2.74. The van der Waals surface area contributed by atoms with E-state index in [1.807, 2.05) is 0 Å². The second-order valence-corrected chi connectivity index (χ2v) is 7.26. The van der Waals surface area contributed by atoms with E-state index in [1.165, 1.54) is 38.5 Å². The van der Waals surface area contributed by atoms with Gasteiger partial charge in [0, 0.05) is 5.41 Å². The van der Waals surface area contributed by atoms with Crippen LogP contribution < -0.4 is 0 Å². The first kappa shape index (κ1) is 9.04. The Hall–Kier alpha value is -0.0400. The van der Waals surface area contributed by atoms with Crippen molar-refractivity contribution in [1.82, 2.24) is 0 Å². The molecule has 0 spiro atoms. The van der Waals surface area contributed by atoms with Crippen LogP contribution in [0.1, 0.15) is 52.4 Å². The molecule has 0 N–H and O–H groups in total. The Morgan fingerprint density at radius 2 is 1.93 bits per heavy atom. The van der Waals surface area contributed by atoms with Gasteiger partial charge in [-0.15, -0.1) is 0 Å². The lowest BCUT2D eigenvalue weighted by atomic mass is 9.41. The van der Waals surface area contributed by atoms with Crippen molar-refractivity contribution in [1.29, 1.82) is 0 Å². The van der Waals surface area contributed by atoms with Gasteiger partial charge in [0.2, 0.25) is 0 Å². The Labute approximate surface area is 92.6 Å². The van der Waals surface area contributed by atoms with Crippen LogP contribution >= 0.6 is 0 Å². The van der Waals surface area contributed by atoms with Crippen LogP contribution in [0, 0.1) is 22.7 Å². The van der Waals surface area contributed by atoms with E-state index >= 15 is 0 Å². The average Bonchev–Trinajstić information content (AvgIpc) is 2.42. The summed E-state index contributed by atoms with van der Waals surface area (Å²) in [6.07, 6.45) is 8.67. The van der Waals surface area contributed by atoms with Gasteiger partial charge in [-0.25, -0.2) is 0 Å². The fourth-order valence-electron chi connectivity index (χ4n) is 5.62. The van der Waals surface area contributed by atoms with Gasteiger partial charge in [-0.1, -0.05) is 13.8 Å². The van der Waals surface area contributed by atoms with E-state index in [9.17, 15) is 0 Å². The average molecular weight is 206 g/mol. The highest BCUT2D eigenvalue weighted by atomic mass is 16.5. The Morgan fingerprint density at radius 1 is 1.07 bits per heavy atom. The lowest BCUT2D eigenvalue weighted by molar-refractivity contribution is -0.338. The SMILES string of the molecule is CC1(C)C[C@@H]2[C@H]1CC[C@@]13CCC[C@@]21OC3. The molecule has 1 heteroatoms. The fourth-order valence-corrected chi connectivity index (χ4v) is 5.62. The summed E-state index contributed by atoms with van der Waals surface area (Å²) in [5.74, 6) is 1.90. The topological polar surface area (TPSA) is 9.23 Å². The molecule has 0 bridgehead atoms. The summed E-state index contributed by atoms with van der Waals surface area (Å²) in [7, 11) is 0. The summed E-state index contributed by atoms with van der Waals surface area (Å²) in [4.78, 5) is 0. The van der Waals surface area contributed by atoms with E-state index in [2.05, 4.69) is 13.8 Å². The van der Waals surface area contributed by atoms with Crippen LogP contribution in [0.3, 0.4) is 0 Å². The summed E-state index contributed by atoms with van der Waals surface area (Å²) < 4.78 is 6.16. The molecule has 1 saturated heterocycles. The third-order valence-electron chi connectivity index (χ3n) is 6.48. The largest absolute Gasteiger partial charge is 0.373 e. The highest BCUT2D eigenvalue weighted by molar-refractivity contribution is 5.22. The molecule has 4 atom stereocenters. The molecule has 4 fully saturated rings. The molecule has 3 saturated carbocycles. The Morgan fingerprint density at radius 3 is 2.60 bits per heavy atom. The Kier molecular flexibility index (Phi) is 1.38. The van der Waals surface area contributed by atoms with Crippen LogP contribution in [-0.2, 0) is 4.74 Å². The first-order valence-corrected chi connectivity index (χ1v) is 6.74. The van der Waals surface area contributed by atoms with Crippen LogP contribution in [0.5, 0.6) is 0 Å². The van der Waals surface area contributed by atoms with E-state index in [4.69, 9.17) is 4.74 Å². The van der Waals surface area contributed by atoms with Crippen LogP contribution in [0.15, 0.2) is 0 Å². The second kappa shape index (κ2) is 2.30. The van der Waals surface area contributed by atoms with E-state index < -0.39 is 0 Å². The number of ether oxygens (including phenoxy) is 1. The van der Waals surface area contributed by atoms with Gasteiger partial charge in [-0.3, -0.25) is 0 Å². The smallest absolute Gasteiger partial charge is 0.0791 e. The van der Waals surface area contributed by atoms with Crippen LogP contribution in [0.4, 0.5) is 0 Å². The van der Waals surface area contributed by atoms with Gasteiger partial charge in [-0.05, 0) is 55.8 Å². The predicted octanol–water partition coefficient (Wildman–Crippen LogP) is 3.38. The van der Waals surface area contributed by atoms with Gasteiger partial charge in [0.15, 0.2) is 0 Å². The van der Waals surface area contributed by atoms with Crippen molar-refractivity contribution < 1.29 is 4.74 Å². The third-order valence-corrected chi connectivity index (χ3v) is 6.48. The molecule has 3 aliphatic carbocycles. The predicted molar refractivity (Wildman–Crippen MR) is 59.6 cm³/mol. The number of hydrogen-bond donors (Lipinski definition) is 0. The van der Waals surface area contributed by atoms with Crippen LogP contribution in [0.2, 0.25) is 0 Å². The van der Waals surface area contributed by atoms with Gasteiger partial charge in [0.25, 0.3) is 0 Å². The monoisotopic (exact) mass is 206 g/mol. The van der Waals surface area contributed by atoms with Crippen molar-refractivity contribution in [3.05, 3.63) is 0 Å². The third kappa shape index (κ3) is 0.769. The zero-order valence-corrected chi connectivity index (χ0v) is 10.0. The Bertz CT molecular complexity index is 321. The summed E-state index contributed by atoms with van der Waals surface area (Å²) in [5.41, 5.74) is 1.66. The zero-order valence-electron chi connectivity index (χ0n) is 10.0. The molecule has 1 nitrogen and oxygen atoms in total. The molecule has 1 heterocycles. The maximum atomic E-state index is 6.16. The van der Waals surface area contributed by atoms with E-state index in [0.717, 1.165) is 18.4 Å². The molecule has 0 amide bonds. The molecule has 4 rings (SSSR count). The lowest BCUT2D eigenvalue weighted by Gasteiger charge is -2.71. The standard InChI is InChI=1S/C14H22O/c1-12(2)8-11-10(12)4-7-13-5-3-6-14(11,13)15-9-13/h10-11H,3-9H2,1-2H3/t10-,11-,13-,14-/m1/s1. The number of fused-ring (bicyclic) bond motifs is 1.